The van der Waals surface area contributed by atoms with Crippen molar-refractivity contribution in [2.24, 2.45) is 0 Å². The van der Waals surface area contributed by atoms with Gasteiger partial charge in [0.15, 0.2) is 0 Å². The second kappa shape index (κ2) is 54.0. The molecule has 0 bridgehead atoms. The summed E-state index contributed by atoms with van der Waals surface area (Å²) in [7, 11) is 0. The molecule has 0 aromatic heterocycles. The Morgan fingerprint density at radius 3 is 1.23 bits per heavy atom. The first-order chi connectivity index (χ1) is 31.5. The molecular formula is C58H111NO5. The van der Waals surface area contributed by atoms with Crippen LogP contribution in [0, 0.1) is 0 Å². The van der Waals surface area contributed by atoms with E-state index in [4.69, 9.17) is 4.74 Å². The van der Waals surface area contributed by atoms with E-state index in [1.165, 1.54) is 205 Å². The second-order valence-electron chi connectivity index (χ2n) is 19.6. The van der Waals surface area contributed by atoms with E-state index in [9.17, 15) is 19.8 Å². The fraction of sp³-hybridized carbons (Fsp3) is 0.897. The van der Waals surface area contributed by atoms with E-state index in [0.29, 0.717) is 25.9 Å². The third-order valence-corrected chi connectivity index (χ3v) is 13.3. The van der Waals surface area contributed by atoms with Gasteiger partial charge in [-0.3, -0.25) is 9.59 Å². The van der Waals surface area contributed by atoms with Gasteiger partial charge in [-0.15, -0.1) is 0 Å². The number of esters is 1. The summed E-state index contributed by atoms with van der Waals surface area (Å²) in [6.45, 7) is 4.88. The molecule has 0 rings (SSSR count). The predicted octanol–water partition coefficient (Wildman–Crippen LogP) is 17.5. The summed E-state index contributed by atoms with van der Waals surface area (Å²) < 4.78 is 5.45. The van der Waals surface area contributed by atoms with Gasteiger partial charge in [-0.2, -0.15) is 0 Å². The zero-order valence-corrected chi connectivity index (χ0v) is 43.0. The molecule has 0 fully saturated rings. The number of hydrogen-bond acceptors (Lipinski definition) is 5. The maximum atomic E-state index is 12.5. The summed E-state index contributed by atoms with van der Waals surface area (Å²) >= 11 is 0. The minimum Gasteiger partial charge on any atom is -0.466 e. The summed E-state index contributed by atoms with van der Waals surface area (Å²) in [5.41, 5.74) is 0. The average Bonchev–Trinajstić information content (AvgIpc) is 3.29. The molecule has 0 radical (unpaired) electrons. The third kappa shape index (κ3) is 49.8. The van der Waals surface area contributed by atoms with Gasteiger partial charge in [0.2, 0.25) is 5.91 Å². The van der Waals surface area contributed by atoms with Crippen LogP contribution in [0.5, 0.6) is 0 Å². The molecule has 0 saturated carbocycles. The molecule has 0 aliphatic rings. The van der Waals surface area contributed by atoms with Gasteiger partial charge < -0.3 is 20.3 Å². The molecule has 6 heteroatoms. The van der Waals surface area contributed by atoms with E-state index in [1.54, 1.807) is 0 Å². The maximum Gasteiger partial charge on any atom is 0.305 e. The molecule has 64 heavy (non-hydrogen) atoms. The summed E-state index contributed by atoms with van der Waals surface area (Å²) in [5, 5.41) is 23.3. The molecule has 6 nitrogen and oxygen atoms in total. The van der Waals surface area contributed by atoms with Crippen molar-refractivity contribution in [1.82, 2.24) is 5.32 Å². The van der Waals surface area contributed by atoms with Crippen molar-refractivity contribution in [3.05, 3.63) is 24.3 Å². The lowest BCUT2D eigenvalue weighted by Gasteiger charge is -2.22. The highest BCUT2D eigenvalue weighted by atomic mass is 16.5. The molecule has 0 aromatic carbocycles. The van der Waals surface area contributed by atoms with Gasteiger partial charge >= 0.3 is 5.97 Å². The number of allylic oxidation sites excluding steroid dienone is 4. The first-order valence-electron chi connectivity index (χ1n) is 28.6. The Labute approximate surface area is 399 Å². The molecule has 0 aliphatic carbocycles. The van der Waals surface area contributed by atoms with E-state index in [0.717, 1.165) is 70.6 Å². The molecule has 2 atom stereocenters. The van der Waals surface area contributed by atoms with Gasteiger partial charge in [-0.25, -0.2) is 0 Å². The number of carbonyl (C=O) groups excluding carboxylic acids is 2. The molecule has 0 spiro atoms. The molecule has 0 aromatic rings. The van der Waals surface area contributed by atoms with Crippen molar-refractivity contribution < 1.29 is 24.5 Å². The number of carbonyl (C=O) groups is 2. The second-order valence-corrected chi connectivity index (χ2v) is 19.6. The zero-order valence-electron chi connectivity index (χ0n) is 43.0. The van der Waals surface area contributed by atoms with Crippen LogP contribution in [-0.4, -0.2) is 47.4 Å². The number of ether oxygens (including phenoxy) is 1. The first kappa shape index (κ1) is 62.3. The SMILES string of the molecule is CCCC/C=C\C/C=C\CCCCCCCC(=O)OCCCCCCCCCCCCCC(=O)NC(CO)C(O)CCCCCCCCCCCCCCCCCCCCCCCC. The number of aliphatic hydroxyl groups excluding tert-OH is 2. The summed E-state index contributed by atoms with van der Waals surface area (Å²) in [6, 6.07) is -0.557. The van der Waals surface area contributed by atoms with Crippen LogP contribution in [0.3, 0.4) is 0 Å². The highest BCUT2D eigenvalue weighted by Crippen LogP contribution is 2.17. The lowest BCUT2D eigenvalue weighted by atomic mass is 10.0. The van der Waals surface area contributed by atoms with Crippen LogP contribution < -0.4 is 5.32 Å². The number of nitrogens with one attached hydrogen (secondary N) is 1. The van der Waals surface area contributed by atoms with Gasteiger partial charge in [0, 0.05) is 12.8 Å². The normalized spacial score (nSPS) is 12.8. The monoisotopic (exact) mass is 902 g/mol. The van der Waals surface area contributed by atoms with Crippen LogP contribution in [-0.2, 0) is 14.3 Å². The van der Waals surface area contributed by atoms with E-state index >= 15 is 0 Å². The highest BCUT2D eigenvalue weighted by Gasteiger charge is 2.20. The Kier molecular flexibility index (Phi) is 52.6. The van der Waals surface area contributed by atoms with Crippen molar-refractivity contribution in [3.8, 4) is 0 Å². The summed E-state index contributed by atoms with van der Waals surface area (Å²) in [4.78, 5) is 24.5. The van der Waals surface area contributed by atoms with Crippen LogP contribution in [0.1, 0.15) is 309 Å². The van der Waals surface area contributed by atoms with Gasteiger partial charge in [0.05, 0.1) is 25.4 Å². The molecule has 2 unspecified atom stereocenters. The van der Waals surface area contributed by atoms with Crippen molar-refractivity contribution in [1.29, 1.82) is 0 Å². The summed E-state index contributed by atoms with van der Waals surface area (Å²) in [6.07, 6.45) is 64.4. The molecule has 3 N–H and O–H groups in total. The predicted molar refractivity (Wildman–Crippen MR) is 278 cm³/mol. The Morgan fingerprint density at radius 1 is 0.438 bits per heavy atom. The fourth-order valence-electron chi connectivity index (χ4n) is 8.83. The minimum atomic E-state index is -0.678. The van der Waals surface area contributed by atoms with E-state index in [1.807, 2.05) is 0 Å². The van der Waals surface area contributed by atoms with E-state index in [2.05, 4.69) is 43.5 Å². The highest BCUT2D eigenvalue weighted by molar-refractivity contribution is 5.76. The molecule has 1 amide bonds. The maximum absolute atomic E-state index is 12.5. The Bertz CT molecular complexity index is 997. The first-order valence-corrected chi connectivity index (χ1v) is 28.6. The lowest BCUT2D eigenvalue weighted by molar-refractivity contribution is -0.143. The van der Waals surface area contributed by atoms with Crippen LogP contribution >= 0.6 is 0 Å². The standard InChI is InChI=1S/C58H111NO5/c1-3-5-7-9-11-13-15-17-19-20-21-22-23-24-25-26-27-30-34-38-42-46-50-56(61)55(54-60)59-57(62)51-47-43-39-35-31-29-33-37-41-45-49-53-64-58(63)52-48-44-40-36-32-28-18-16-14-12-10-8-6-4-2/h10,12,16,18,55-56,60-61H,3-9,11,13-15,17,19-54H2,1-2H3,(H,59,62)/b12-10-,18-16-. The van der Waals surface area contributed by atoms with Crippen molar-refractivity contribution in [2.75, 3.05) is 13.2 Å². The number of aliphatic hydroxyl groups is 2. The van der Waals surface area contributed by atoms with Crippen molar-refractivity contribution in [2.45, 2.75) is 321 Å². The van der Waals surface area contributed by atoms with Crippen LogP contribution in [0.25, 0.3) is 0 Å². The fourth-order valence-corrected chi connectivity index (χ4v) is 8.83. The topological polar surface area (TPSA) is 95.9 Å². The van der Waals surface area contributed by atoms with Gasteiger partial charge in [0.1, 0.15) is 0 Å². The van der Waals surface area contributed by atoms with Crippen LogP contribution in [0.2, 0.25) is 0 Å². The van der Waals surface area contributed by atoms with Crippen LogP contribution in [0.4, 0.5) is 0 Å². The molecule has 0 heterocycles. The summed E-state index contributed by atoms with van der Waals surface area (Å²) in [5.74, 6) is -0.0795. The smallest absolute Gasteiger partial charge is 0.305 e. The molecule has 0 saturated heterocycles. The third-order valence-electron chi connectivity index (χ3n) is 13.3. The van der Waals surface area contributed by atoms with Gasteiger partial charge in [-0.1, -0.05) is 269 Å². The minimum absolute atomic E-state index is 0.0274. The average molecular weight is 903 g/mol. The van der Waals surface area contributed by atoms with Crippen LogP contribution in [0.15, 0.2) is 24.3 Å². The Morgan fingerprint density at radius 2 is 0.797 bits per heavy atom. The van der Waals surface area contributed by atoms with E-state index in [-0.39, 0.29) is 18.5 Å². The number of rotatable bonds is 53. The van der Waals surface area contributed by atoms with Crippen molar-refractivity contribution >= 4 is 11.9 Å². The number of amides is 1. The molecular weight excluding hydrogens is 791 g/mol. The number of hydrogen-bond donors (Lipinski definition) is 3. The van der Waals surface area contributed by atoms with E-state index < -0.39 is 12.1 Å². The van der Waals surface area contributed by atoms with Crippen molar-refractivity contribution in [3.63, 3.8) is 0 Å². The largest absolute Gasteiger partial charge is 0.466 e. The number of unbranched alkanes of at least 4 members (excludes halogenated alkanes) is 38. The van der Waals surface area contributed by atoms with Gasteiger partial charge in [-0.05, 0) is 51.4 Å². The molecule has 0 aliphatic heterocycles. The zero-order chi connectivity index (χ0) is 46.5. The van der Waals surface area contributed by atoms with Gasteiger partial charge in [0.25, 0.3) is 0 Å². The quantitative estimate of drug-likeness (QED) is 0.0321. The Hall–Kier alpha value is -1.66. The lowest BCUT2D eigenvalue weighted by Crippen LogP contribution is -2.45. The Balaban J connectivity index is 3.47. The molecule has 378 valence electrons.